The number of carboxylic acid groups (broad SMARTS) is 1. The summed E-state index contributed by atoms with van der Waals surface area (Å²) >= 11 is 0. The first-order valence-corrected chi connectivity index (χ1v) is 9.01. The van der Waals surface area contributed by atoms with Crippen molar-refractivity contribution in [2.24, 2.45) is 0 Å². The van der Waals surface area contributed by atoms with Gasteiger partial charge in [0.05, 0.1) is 30.3 Å². The molecule has 6 nitrogen and oxygen atoms in total. The fraction of sp³-hybridized carbons (Fsp3) is 0.450. The zero-order chi connectivity index (χ0) is 19.3. The molecular weight excluding hydrogens is 330 g/mol. The maximum atomic E-state index is 12.8. The van der Waals surface area contributed by atoms with E-state index in [9.17, 15) is 14.7 Å². The van der Waals surface area contributed by atoms with Crippen LogP contribution in [0.25, 0.3) is 0 Å². The Balaban J connectivity index is 2.28. The monoisotopic (exact) mass is 357 g/mol. The van der Waals surface area contributed by atoms with E-state index in [2.05, 4.69) is 24.3 Å². The standard InChI is InChI=1S/C20H27N3O3/c1-5-15(6-2)23-14(4)17(12-21-23)20(26)22-18(11-19(24)25)16-10-8-7-9-13(16)3/h7-10,12,15,18H,5-6,11H2,1-4H3,(H,22,26)(H,24,25). The topological polar surface area (TPSA) is 84.2 Å². The SMILES string of the molecule is CCC(CC)n1ncc(C(=O)NC(CC(=O)O)c2ccccc2C)c1C. The highest BCUT2D eigenvalue weighted by atomic mass is 16.4. The fourth-order valence-electron chi connectivity index (χ4n) is 3.28. The number of aryl methyl sites for hydroxylation is 1. The molecule has 0 aliphatic carbocycles. The van der Waals surface area contributed by atoms with E-state index < -0.39 is 12.0 Å². The van der Waals surface area contributed by atoms with Crippen LogP contribution in [0.1, 0.15) is 72.4 Å². The first kappa shape index (κ1) is 19.7. The molecule has 2 aromatic rings. The van der Waals surface area contributed by atoms with Gasteiger partial charge in [-0.25, -0.2) is 0 Å². The summed E-state index contributed by atoms with van der Waals surface area (Å²) in [6.07, 6.45) is 3.27. The Hall–Kier alpha value is -2.63. The Morgan fingerprint density at radius 1 is 1.19 bits per heavy atom. The molecule has 0 radical (unpaired) electrons. The summed E-state index contributed by atoms with van der Waals surface area (Å²) in [6, 6.07) is 7.16. The van der Waals surface area contributed by atoms with Crippen LogP contribution in [0.3, 0.4) is 0 Å². The number of benzene rings is 1. The highest BCUT2D eigenvalue weighted by molar-refractivity contribution is 5.95. The molecule has 0 aliphatic heterocycles. The Bertz CT molecular complexity index is 778. The number of aliphatic carboxylic acids is 1. The summed E-state index contributed by atoms with van der Waals surface area (Å²) in [5.74, 6) is -1.25. The Kier molecular flexibility index (Phi) is 6.55. The smallest absolute Gasteiger partial charge is 0.305 e. The third-order valence-corrected chi connectivity index (χ3v) is 4.83. The number of carbonyl (C=O) groups excluding carboxylic acids is 1. The zero-order valence-electron chi connectivity index (χ0n) is 15.8. The molecule has 0 fully saturated rings. The summed E-state index contributed by atoms with van der Waals surface area (Å²) in [7, 11) is 0. The van der Waals surface area contributed by atoms with Crippen LogP contribution in [-0.2, 0) is 4.79 Å². The molecule has 2 N–H and O–H groups in total. The predicted molar refractivity (Wildman–Crippen MR) is 100 cm³/mol. The number of nitrogens with zero attached hydrogens (tertiary/aromatic N) is 2. The lowest BCUT2D eigenvalue weighted by atomic mass is 9.98. The molecule has 0 saturated carbocycles. The largest absolute Gasteiger partial charge is 0.481 e. The highest BCUT2D eigenvalue weighted by Gasteiger charge is 2.23. The zero-order valence-corrected chi connectivity index (χ0v) is 15.8. The molecule has 2 rings (SSSR count). The van der Waals surface area contributed by atoms with Crippen LogP contribution in [0, 0.1) is 13.8 Å². The number of nitrogens with one attached hydrogen (secondary N) is 1. The Morgan fingerprint density at radius 3 is 2.42 bits per heavy atom. The number of rotatable bonds is 8. The summed E-state index contributed by atoms with van der Waals surface area (Å²) in [5, 5.41) is 16.5. The molecule has 1 atom stereocenters. The van der Waals surface area contributed by atoms with Gasteiger partial charge in [-0.3, -0.25) is 14.3 Å². The van der Waals surface area contributed by atoms with E-state index in [4.69, 9.17) is 0 Å². The number of carboxylic acids is 1. The van der Waals surface area contributed by atoms with Crippen molar-refractivity contribution >= 4 is 11.9 Å². The predicted octanol–water partition coefficient (Wildman–Crippen LogP) is 3.81. The van der Waals surface area contributed by atoms with Crippen molar-refractivity contribution in [3.8, 4) is 0 Å². The first-order chi connectivity index (χ1) is 12.4. The van der Waals surface area contributed by atoms with Gasteiger partial charge in [-0.15, -0.1) is 0 Å². The van der Waals surface area contributed by atoms with Gasteiger partial charge in [-0.05, 0) is 37.8 Å². The van der Waals surface area contributed by atoms with Crippen molar-refractivity contribution in [2.75, 3.05) is 0 Å². The van der Waals surface area contributed by atoms with Crippen LogP contribution in [-0.4, -0.2) is 26.8 Å². The van der Waals surface area contributed by atoms with Crippen molar-refractivity contribution in [3.05, 3.63) is 52.8 Å². The summed E-state index contributed by atoms with van der Waals surface area (Å²) in [6.45, 7) is 7.97. The van der Waals surface area contributed by atoms with Gasteiger partial charge < -0.3 is 10.4 Å². The third-order valence-electron chi connectivity index (χ3n) is 4.83. The second kappa shape index (κ2) is 8.65. The maximum absolute atomic E-state index is 12.8. The van der Waals surface area contributed by atoms with Gasteiger partial charge in [0.2, 0.25) is 0 Å². The second-order valence-electron chi connectivity index (χ2n) is 6.54. The van der Waals surface area contributed by atoms with Crippen molar-refractivity contribution < 1.29 is 14.7 Å². The van der Waals surface area contributed by atoms with Crippen molar-refractivity contribution in [1.82, 2.24) is 15.1 Å². The van der Waals surface area contributed by atoms with Crippen LogP contribution in [0.4, 0.5) is 0 Å². The summed E-state index contributed by atoms with van der Waals surface area (Å²) in [4.78, 5) is 24.1. The van der Waals surface area contributed by atoms with Crippen molar-refractivity contribution in [2.45, 2.75) is 59.0 Å². The van der Waals surface area contributed by atoms with Crippen LogP contribution < -0.4 is 5.32 Å². The lowest BCUT2D eigenvalue weighted by Crippen LogP contribution is -2.31. The molecule has 0 bridgehead atoms. The quantitative estimate of drug-likeness (QED) is 0.752. The molecule has 26 heavy (non-hydrogen) atoms. The number of aromatic nitrogens is 2. The van der Waals surface area contributed by atoms with E-state index in [1.807, 2.05) is 42.8 Å². The number of hydrogen-bond donors (Lipinski definition) is 2. The van der Waals surface area contributed by atoms with E-state index in [0.717, 1.165) is 29.7 Å². The minimum Gasteiger partial charge on any atom is -0.481 e. The van der Waals surface area contributed by atoms with E-state index in [-0.39, 0.29) is 18.4 Å². The van der Waals surface area contributed by atoms with Gasteiger partial charge >= 0.3 is 5.97 Å². The molecule has 1 heterocycles. The van der Waals surface area contributed by atoms with Gasteiger partial charge in [0.1, 0.15) is 0 Å². The number of amides is 1. The fourth-order valence-corrected chi connectivity index (χ4v) is 3.28. The van der Waals surface area contributed by atoms with Gasteiger partial charge in [0.15, 0.2) is 0 Å². The third kappa shape index (κ3) is 4.31. The molecule has 0 spiro atoms. The molecule has 0 saturated heterocycles. The van der Waals surface area contributed by atoms with E-state index in [0.29, 0.717) is 5.56 Å². The molecule has 1 unspecified atom stereocenters. The van der Waals surface area contributed by atoms with E-state index in [1.54, 1.807) is 6.20 Å². The second-order valence-corrected chi connectivity index (χ2v) is 6.54. The lowest BCUT2D eigenvalue weighted by molar-refractivity contribution is -0.137. The molecule has 1 aromatic carbocycles. The van der Waals surface area contributed by atoms with E-state index in [1.165, 1.54) is 0 Å². The Morgan fingerprint density at radius 2 is 1.85 bits per heavy atom. The van der Waals surface area contributed by atoms with Crippen molar-refractivity contribution in [3.63, 3.8) is 0 Å². The normalized spacial score (nSPS) is 12.2. The van der Waals surface area contributed by atoms with Crippen LogP contribution in [0.15, 0.2) is 30.5 Å². The molecular formula is C20H27N3O3. The molecule has 140 valence electrons. The molecule has 0 aliphatic rings. The van der Waals surface area contributed by atoms with Gasteiger partial charge in [0.25, 0.3) is 5.91 Å². The number of carbonyl (C=O) groups is 2. The average molecular weight is 357 g/mol. The molecule has 1 aromatic heterocycles. The number of hydrogen-bond acceptors (Lipinski definition) is 3. The molecule has 1 amide bonds. The van der Waals surface area contributed by atoms with Crippen LogP contribution >= 0.6 is 0 Å². The Labute approximate surface area is 154 Å². The lowest BCUT2D eigenvalue weighted by Gasteiger charge is -2.20. The minimum atomic E-state index is -0.956. The van der Waals surface area contributed by atoms with Gasteiger partial charge in [-0.2, -0.15) is 5.10 Å². The van der Waals surface area contributed by atoms with Crippen molar-refractivity contribution in [1.29, 1.82) is 0 Å². The minimum absolute atomic E-state index is 0.170. The summed E-state index contributed by atoms with van der Waals surface area (Å²) < 4.78 is 1.88. The van der Waals surface area contributed by atoms with Gasteiger partial charge in [0, 0.05) is 5.69 Å². The average Bonchev–Trinajstić information content (AvgIpc) is 2.97. The van der Waals surface area contributed by atoms with Crippen LogP contribution in [0.2, 0.25) is 0 Å². The first-order valence-electron chi connectivity index (χ1n) is 9.01. The highest BCUT2D eigenvalue weighted by Crippen LogP contribution is 2.23. The van der Waals surface area contributed by atoms with Gasteiger partial charge in [-0.1, -0.05) is 38.1 Å². The summed E-state index contributed by atoms with van der Waals surface area (Å²) in [5.41, 5.74) is 3.05. The van der Waals surface area contributed by atoms with E-state index >= 15 is 0 Å². The molecule has 6 heteroatoms. The van der Waals surface area contributed by atoms with Crippen LogP contribution in [0.5, 0.6) is 0 Å². The maximum Gasteiger partial charge on any atom is 0.305 e.